The molecule has 3 amide bonds. The van der Waals surface area contributed by atoms with E-state index >= 15 is 0 Å². The number of nitrogens with zero attached hydrogens (tertiary/aromatic N) is 7. The molecule has 83 heavy (non-hydrogen) atoms. The lowest BCUT2D eigenvalue weighted by Gasteiger charge is -2.37. The first-order valence-electron chi connectivity index (χ1n) is 28.9. The number of methoxy groups -OCH3 is 1. The SMILES string of the molecule is CCn1c(-c2cc(-c3cnc(CN4CCS(=O)(=O)CC4)nc3)cnc2[C@H](C)OC)c2c3cc(ccc31)-c1cc(O)cc(c1)C[C@H](NC(=O)[C@H](C(C)C)N(C)C(=O)C1OCCC1c1ccccc1)C(=O)N1CCCC(N1)C(=O)OCC(C)(C)C2. The molecule has 3 unspecified atom stereocenters. The third-order valence-corrected chi connectivity index (χ3v) is 18.4. The first-order chi connectivity index (χ1) is 39.7. The minimum Gasteiger partial charge on any atom is -0.508 e. The van der Waals surface area contributed by atoms with Gasteiger partial charge in [-0.1, -0.05) is 70.2 Å². The molecule has 3 fully saturated rings. The molecule has 19 nitrogen and oxygen atoms in total. The largest absolute Gasteiger partial charge is 0.508 e. The van der Waals surface area contributed by atoms with Gasteiger partial charge in [-0.2, -0.15) is 0 Å². The molecule has 3 saturated heterocycles. The van der Waals surface area contributed by atoms with Crippen molar-refractivity contribution in [1.82, 2.24) is 45.1 Å². The number of cyclic esters (lactones) is 1. The summed E-state index contributed by atoms with van der Waals surface area (Å²) < 4.78 is 44.7. The summed E-state index contributed by atoms with van der Waals surface area (Å²) in [5.41, 5.74) is 11.4. The van der Waals surface area contributed by atoms with Gasteiger partial charge in [0.1, 0.15) is 35.8 Å². The number of rotatable bonds is 13. The first-order valence-corrected chi connectivity index (χ1v) is 30.8. The summed E-state index contributed by atoms with van der Waals surface area (Å²) in [4.78, 5) is 76.5. The number of fused-ring (bicyclic) bond motifs is 6. The number of likely N-dealkylation sites (N-methyl/N-ethyl adjacent to an activating group) is 1. The molecule has 4 aliphatic heterocycles. The molecular weight excluding hydrogens is 1070 g/mol. The zero-order valence-corrected chi connectivity index (χ0v) is 49.6. The van der Waals surface area contributed by atoms with Crippen molar-refractivity contribution in [1.29, 1.82) is 0 Å². The molecule has 6 aromatic rings. The topological polar surface area (TPSA) is 228 Å². The molecule has 0 saturated carbocycles. The summed E-state index contributed by atoms with van der Waals surface area (Å²) in [5.74, 6) is -1.63. The quantitative estimate of drug-likeness (QED) is 0.0973. The zero-order valence-electron chi connectivity index (χ0n) is 48.8. The van der Waals surface area contributed by atoms with Crippen molar-refractivity contribution in [3.63, 3.8) is 0 Å². The van der Waals surface area contributed by atoms with E-state index in [0.29, 0.717) is 81.1 Å². The maximum atomic E-state index is 15.0. The molecule has 4 aliphatic rings. The average molecular weight is 1150 g/mol. The van der Waals surface area contributed by atoms with E-state index in [4.69, 9.17) is 29.2 Å². The van der Waals surface area contributed by atoms with Crippen LogP contribution < -0.4 is 10.7 Å². The molecule has 440 valence electrons. The van der Waals surface area contributed by atoms with Gasteiger partial charge in [0.05, 0.1) is 42.1 Å². The van der Waals surface area contributed by atoms with Gasteiger partial charge in [0.2, 0.25) is 5.91 Å². The van der Waals surface area contributed by atoms with Crippen LogP contribution in [0.15, 0.2) is 91.4 Å². The van der Waals surface area contributed by atoms with Crippen LogP contribution in [-0.2, 0) is 69.2 Å². The number of ether oxygens (including phenoxy) is 3. The number of amides is 3. The molecule has 6 atom stereocenters. The average Bonchev–Trinajstić information content (AvgIpc) is 4.31. The van der Waals surface area contributed by atoms with E-state index in [1.165, 1.54) is 9.91 Å². The number of hydrogen-bond donors (Lipinski definition) is 3. The van der Waals surface area contributed by atoms with Gasteiger partial charge in [0.15, 0.2) is 9.84 Å². The number of phenols is 1. The van der Waals surface area contributed by atoms with E-state index in [0.717, 1.165) is 50.0 Å². The fourth-order valence-electron chi connectivity index (χ4n) is 12.4. The highest BCUT2D eigenvalue weighted by Crippen LogP contribution is 2.44. The number of aromatic hydroxyl groups is 1. The number of phenolic OH excluding ortho intramolecular Hbond substituents is 1. The number of hydrazine groups is 1. The molecule has 7 heterocycles. The van der Waals surface area contributed by atoms with Crippen LogP contribution in [-0.4, -0.2) is 154 Å². The minimum absolute atomic E-state index is 0.0356. The highest BCUT2D eigenvalue weighted by Gasteiger charge is 2.43. The fourth-order valence-corrected chi connectivity index (χ4v) is 13.6. The van der Waals surface area contributed by atoms with E-state index in [-0.39, 0.29) is 54.6 Å². The second-order valence-electron chi connectivity index (χ2n) is 23.8. The van der Waals surface area contributed by atoms with Crippen molar-refractivity contribution in [2.24, 2.45) is 11.3 Å². The van der Waals surface area contributed by atoms with Crippen LogP contribution in [0, 0.1) is 11.3 Å². The number of nitrogens with one attached hydrogen (secondary N) is 2. The van der Waals surface area contributed by atoms with E-state index in [1.807, 2.05) is 63.2 Å². The number of sulfone groups is 1. The van der Waals surface area contributed by atoms with Gasteiger partial charge in [-0.25, -0.2) is 23.8 Å². The summed E-state index contributed by atoms with van der Waals surface area (Å²) in [6, 6.07) is 20.2. The fraction of sp³-hybridized carbons (Fsp3) is 0.476. The number of carbonyl (C=O) groups is 4. The zero-order chi connectivity index (χ0) is 58.9. The van der Waals surface area contributed by atoms with Crippen molar-refractivity contribution >= 4 is 44.4 Å². The second-order valence-corrected chi connectivity index (χ2v) is 26.1. The van der Waals surface area contributed by atoms with Crippen LogP contribution in [0.1, 0.15) is 101 Å². The Labute approximate surface area is 486 Å². The summed E-state index contributed by atoms with van der Waals surface area (Å²) in [5, 5.41) is 17.0. The molecule has 10 rings (SSSR count). The lowest BCUT2D eigenvalue weighted by molar-refractivity contribution is -0.155. The Balaban J connectivity index is 1.03. The lowest BCUT2D eigenvalue weighted by atomic mass is 9.83. The van der Waals surface area contributed by atoms with E-state index in [9.17, 15) is 32.7 Å². The van der Waals surface area contributed by atoms with Crippen LogP contribution in [0.3, 0.4) is 0 Å². The molecule has 3 aromatic carbocycles. The number of pyridine rings is 1. The molecule has 3 aromatic heterocycles. The molecule has 0 radical (unpaired) electrons. The third-order valence-electron chi connectivity index (χ3n) is 16.8. The number of carbonyl (C=O) groups excluding carboxylic acids is 4. The predicted molar refractivity (Wildman–Crippen MR) is 315 cm³/mol. The Morgan fingerprint density at radius 1 is 0.916 bits per heavy atom. The maximum Gasteiger partial charge on any atom is 0.324 e. The highest BCUT2D eigenvalue weighted by molar-refractivity contribution is 7.91. The molecule has 0 aliphatic carbocycles. The molecule has 3 N–H and O–H groups in total. The Morgan fingerprint density at radius 3 is 2.36 bits per heavy atom. The Morgan fingerprint density at radius 2 is 1.65 bits per heavy atom. The second kappa shape index (κ2) is 24.6. The smallest absolute Gasteiger partial charge is 0.324 e. The van der Waals surface area contributed by atoms with Gasteiger partial charge in [-0.05, 0) is 104 Å². The number of benzene rings is 3. The Kier molecular flexibility index (Phi) is 17.5. The van der Waals surface area contributed by atoms with Crippen LogP contribution in [0.4, 0.5) is 0 Å². The maximum absolute atomic E-state index is 15.0. The van der Waals surface area contributed by atoms with Crippen LogP contribution in [0.2, 0.25) is 0 Å². The Bertz CT molecular complexity index is 3490. The van der Waals surface area contributed by atoms with Gasteiger partial charge in [0, 0.05) is 111 Å². The van der Waals surface area contributed by atoms with Crippen LogP contribution in [0.5, 0.6) is 5.75 Å². The van der Waals surface area contributed by atoms with Crippen LogP contribution in [0.25, 0.3) is 44.4 Å². The van der Waals surface area contributed by atoms with Crippen molar-refractivity contribution in [2.45, 2.75) is 123 Å². The standard InChI is InChI=1S/C63H77N9O10S/c1-9-71-53-18-17-42-30-48(53)50(57(71)49-31-44(33-66-55(49)39(4)80-8)45-34-64-54(65-35-45)36-70-21-24-83(78,79)25-22-70)32-63(5,6)37-82-62(77)51-16-13-20-72(68-51)60(75)52(28-40-26-43(42)29-46(73)27-40)67-59(74)56(38(2)3)69(7)61(76)58-47(19-23-81-58)41-14-11-10-12-15-41/h10-12,14-15,17-18,26-27,29-31,33-35,38-39,47,51-52,56,58,68,73H,9,13,16,19-25,28,32,36-37H2,1-8H3,(H,67,74)/t39-,47?,51?,52-,56-,58?/m0/s1. The third kappa shape index (κ3) is 12.9. The lowest BCUT2D eigenvalue weighted by Crippen LogP contribution is -2.62. The van der Waals surface area contributed by atoms with Gasteiger partial charge in [0.25, 0.3) is 11.8 Å². The van der Waals surface area contributed by atoms with Crippen molar-refractivity contribution in [3.05, 3.63) is 120 Å². The van der Waals surface area contributed by atoms with Gasteiger partial charge in [-0.15, -0.1) is 0 Å². The van der Waals surface area contributed by atoms with Crippen molar-refractivity contribution < 1.29 is 46.9 Å². The summed E-state index contributed by atoms with van der Waals surface area (Å²) in [6.07, 6.45) is 6.10. The number of hydrogen-bond acceptors (Lipinski definition) is 15. The van der Waals surface area contributed by atoms with E-state index in [2.05, 4.69) is 59.2 Å². The van der Waals surface area contributed by atoms with Crippen molar-refractivity contribution in [3.8, 4) is 39.3 Å². The predicted octanol–water partition coefficient (Wildman–Crippen LogP) is 7.19. The summed E-state index contributed by atoms with van der Waals surface area (Å²) >= 11 is 0. The molecular formula is C63H77N9O10S. The first kappa shape index (κ1) is 59.1. The normalized spacial score (nSPS) is 22.0. The molecule has 20 heteroatoms. The monoisotopic (exact) mass is 1150 g/mol. The van der Waals surface area contributed by atoms with E-state index in [1.54, 1.807) is 44.9 Å². The summed E-state index contributed by atoms with van der Waals surface area (Å²) in [7, 11) is 0.227. The Hall–Kier alpha value is -7.10. The van der Waals surface area contributed by atoms with Gasteiger partial charge < -0.3 is 34.1 Å². The molecule has 0 spiro atoms. The van der Waals surface area contributed by atoms with Gasteiger partial charge >= 0.3 is 5.97 Å². The highest BCUT2D eigenvalue weighted by atomic mass is 32.2. The molecule has 6 bridgehead atoms. The number of aryl methyl sites for hydroxylation is 1. The number of esters is 1. The summed E-state index contributed by atoms with van der Waals surface area (Å²) in [6.45, 7) is 14.5. The van der Waals surface area contributed by atoms with Crippen LogP contribution >= 0.6 is 0 Å². The number of aromatic nitrogens is 4. The van der Waals surface area contributed by atoms with Crippen molar-refractivity contribution in [2.75, 3.05) is 58.5 Å². The van der Waals surface area contributed by atoms with E-state index < -0.39 is 63.4 Å². The van der Waals surface area contributed by atoms with Gasteiger partial charge in [-0.3, -0.25) is 34.1 Å². The minimum atomic E-state index is -3.03.